The van der Waals surface area contributed by atoms with Crippen LogP contribution in [0.5, 0.6) is 0 Å². The molecule has 0 amide bonds. The SMILES string of the molecule is Fc1ccc(F)c(C2Cc3c(CCCNC4CCOCC4)[nH]c(=S)n3C2)c1F. The van der Waals surface area contributed by atoms with E-state index in [0.717, 1.165) is 69.0 Å². The third kappa shape index (κ3) is 3.90. The summed E-state index contributed by atoms with van der Waals surface area (Å²) in [5, 5.41) is 3.55. The minimum absolute atomic E-state index is 0.176. The molecule has 1 aromatic carbocycles. The molecule has 28 heavy (non-hydrogen) atoms. The molecule has 2 aliphatic rings. The minimum Gasteiger partial charge on any atom is -0.381 e. The quantitative estimate of drug-likeness (QED) is 0.429. The van der Waals surface area contributed by atoms with Crippen molar-refractivity contribution in [3.63, 3.8) is 0 Å². The van der Waals surface area contributed by atoms with Gasteiger partial charge in [0.15, 0.2) is 16.4 Å². The summed E-state index contributed by atoms with van der Waals surface area (Å²) >= 11 is 5.39. The van der Waals surface area contributed by atoms with Crippen molar-refractivity contribution in [3.05, 3.63) is 51.3 Å². The van der Waals surface area contributed by atoms with Crippen molar-refractivity contribution < 1.29 is 17.9 Å². The number of halogens is 3. The van der Waals surface area contributed by atoms with Crippen LogP contribution in [0, 0.1) is 22.2 Å². The fourth-order valence-corrected chi connectivity index (χ4v) is 4.60. The zero-order valence-corrected chi connectivity index (χ0v) is 16.4. The van der Waals surface area contributed by atoms with Crippen LogP contribution in [-0.4, -0.2) is 35.4 Å². The van der Waals surface area contributed by atoms with Gasteiger partial charge in [0, 0.05) is 48.7 Å². The van der Waals surface area contributed by atoms with Gasteiger partial charge in [-0.25, -0.2) is 13.2 Å². The fourth-order valence-electron chi connectivity index (χ4n) is 4.29. The first-order chi connectivity index (χ1) is 13.5. The van der Waals surface area contributed by atoms with Crippen molar-refractivity contribution in [2.45, 2.75) is 50.6 Å². The number of nitrogens with one attached hydrogen (secondary N) is 2. The minimum atomic E-state index is -1.09. The van der Waals surface area contributed by atoms with E-state index >= 15 is 0 Å². The summed E-state index contributed by atoms with van der Waals surface area (Å²) in [6.45, 7) is 2.88. The Labute approximate surface area is 167 Å². The van der Waals surface area contributed by atoms with Gasteiger partial charge in [-0.3, -0.25) is 0 Å². The highest BCUT2D eigenvalue weighted by atomic mass is 32.1. The molecule has 0 saturated carbocycles. The summed E-state index contributed by atoms with van der Waals surface area (Å²) in [7, 11) is 0. The van der Waals surface area contributed by atoms with E-state index in [4.69, 9.17) is 17.0 Å². The van der Waals surface area contributed by atoms with Gasteiger partial charge in [-0.1, -0.05) is 0 Å². The second-order valence-corrected chi connectivity index (χ2v) is 7.95. The van der Waals surface area contributed by atoms with Crippen molar-refractivity contribution in [3.8, 4) is 0 Å². The summed E-state index contributed by atoms with van der Waals surface area (Å²) in [5.74, 6) is -3.25. The van der Waals surface area contributed by atoms with Crippen molar-refractivity contribution >= 4 is 12.2 Å². The molecule has 1 fully saturated rings. The van der Waals surface area contributed by atoms with E-state index in [2.05, 4.69) is 10.3 Å². The predicted octanol–water partition coefficient (Wildman–Crippen LogP) is 4.00. The first-order valence-corrected chi connectivity index (χ1v) is 10.2. The Morgan fingerprint density at radius 3 is 2.71 bits per heavy atom. The van der Waals surface area contributed by atoms with Gasteiger partial charge < -0.3 is 19.6 Å². The summed E-state index contributed by atoms with van der Waals surface area (Å²) in [5.41, 5.74) is 1.81. The number of ether oxygens (including phenoxy) is 1. The van der Waals surface area contributed by atoms with Gasteiger partial charge in [-0.15, -0.1) is 0 Å². The molecule has 152 valence electrons. The maximum atomic E-state index is 14.2. The van der Waals surface area contributed by atoms with Crippen molar-refractivity contribution in [2.24, 2.45) is 0 Å². The summed E-state index contributed by atoms with van der Waals surface area (Å²) in [6.07, 6.45) is 4.27. The lowest BCUT2D eigenvalue weighted by molar-refractivity contribution is 0.0780. The number of nitrogens with zero attached hydrogens (tertiary/aromatic N) is 1. The largest absolute Gasteiger partial charge is 0.381 e. The van der Waals surface area contributed by atoms with Crippen LogP contribution in [0.1, 0.15) is 42.1 Å². The number of hydrogen-bond acceptors (Lipinski definition) is 3. The van der Waals surface area contributed by atoms with Gasteiger partial charge in [0.2, 0.25) is 0 Å². The van der Waals surface area contributed by atoms with Crippen molar-refractivity contribution in [2.75, 3.05) is 19.8 Å². The molecule has 0 spiro atoms. The van der Waals surface area contributed by atoms with Crippen LogP contribution < -0.4 is 5.32 Å². The van der Waals surface area contributed by atoms with E-state index in [-0.39, 0.29) is 5.56 Å². The maximum absolute atomic E-state index is 14.2. The number of hydrogen-bond donors (Lipinski definition) is 2. The van der Waals surface area contributed by atoms with E-state index in [9.17, 15) is 13.2 Å². The molecule has 0 radical (unpaired) electrons. The average molecular weight is 411 g/mol. The Hall–Kier alpha value is -1.64. The molecular weight excluding hydrogens is 387 g/mol. The molecule has 1 saturated heterocycles. The van der Waals surface area contributed by atoms with Crippen LogP contribution in [0.15, 0.2) is 12.1 Å². The molecule has 1 unspecified atom stereocenters. The number of benzene rings is 1. The summed E-state index contributed by atoms with van der Waals surface area (Å²) < 4.78 is 49.8. The number of fused-ring (bicyclic) bond motifs is 1. The number of rotatable bonds is 6. The molecular formula is C20H24F3N3OS. The smallest absolute Gasteiger partial charge is 0.177 e. The first kappa shape index (κ1) is 19.7. The highest BCUT2D eigenvalue weighted by Crippen LogP contribution is 2.35. The van der Waals surface area contributed by atoms with Gasteiger partial charge in [0.1, 0.15) is 5.82 Å². The van der Waals surface area contributed by atoms with Crippen LogP contribution in [0.2, 0.25) is 0 Å². The Morgan fingerprint density at radius 1 is 1.18 bits per heavy atom. The molecule has 4 rings (SSSR count). The molecule has 0 aliphatic carbocycles. The second-order valence-electron chi connectivity index (χ2n) is 7.57. The molecule has 1 aromatic heterocycles. The molecule has 0 bridgehead atoms. The van der Waals surface area contributed by atoms with Gasteiger partial charge in [0.05, 0.1) is 0 Å². The van der Waals surface area contributed by atoms with Gasteiger partial charge in [-0.2, -0.15) is 0 Å². The summed E-state index contributed by atoms with van der Waals surface area (Å²) in [6, 6.07) is 2.33. The fraction of sp³-hybridized carbons (Fsp3) is 0.550. The Kier molecular flexibility index (Phi) is 5.89. The third-order valence-electron chi connectivity index (χ3n) is 5.77. The Balaban J connectivity index is 1.41. The van der Waals surface area contributed by atoms with Gasteiger partial charge in [0.25, 0.3) is 0 Å². The topological polar surface area (TPSA) is 42.0 Å². The number of imidazole rings is 1. The zero-order valence-electron chi connectivity index (χ0n) is 15.6. The van der Waals surface area contributed by atoms with E-state index in [1.165, 1.54) is 0 Å². The van der Waals surface area contributed by atoms with Crippen LogP contribution >= 0.6 is 12.2 Å². The highest BCUT2D eigenvalue weighted by Gasteiger charge is 2.31. The number of aromatic amines is 1. The first-order valence-electron chi connectivity index (χ1n) is 9.79. The normalized spacial score (nSPS) is 19.9. The van der Waals surface area contributed by atoms with E-state index in [0.29, 0.717) is 23.8 Å². The lowest BCUT2D eigenvalue weighted by Crippen LogP contribution is -2.35. The van der Waals surface area contributed by atoms with Crippen LogP contribution in [-0.2, 0) is 24.1 Å². The van der Waals surface area contributed by atoms with Gasteiger partial charge in [-0.05, 0) is 63.0 Å². The number of aryl methyl sites for hydroxylation is 1. The molecule has 2 aliphatic heterocycles. The predicted molar refractivity (Wildman–Crippen MR) is 103 cm³/mol. The Morgan fingerprint density at radius 2 is 1.93 bits per heavy atom. The molecule has 1 atom stereocenters. The monoisotopic (exact) mass is 411 g/mol. The Bertz CT molecular complexity index is 905. The van der Waals surface area contributed by atoms with Crippen LogP contribution in [0.25, 0.3) is 0 Å². The molecule has 3 heterocycles. The van der Waals surface area contributed by atoms with E-state index in [1.54, 1.807) is 0 Å². The second kappa shape index (κ2) is 8.39. The van der Waals surface area contributed by atoms with Crippen LogP contribution in [0.4, 0.5) is 13.2 Å². The van der Waals surface area contributed by atoms with Crippen molar-refractivity contribution in [1.82, 2.24) is 14.9 Å². The number of aromatic nitrogens is 2. The van der Waals surface area contributed by atoms with E-state index < -0.39 is 23.4 Å². The lowest BCUT2D eigenvalue weighted by atomic mass is 9.95. The third-order valence-corrected chi connectivity index (χ3v) is 6.09. The maximum Gasteiger partial charge on any atom is 0.177 e. The molecule has 4 nitrogen and oxygen atoms in total. The average Bonchev–Trinajstić information content (AvgIpc) is 3.24. The van der Waals surface area contributed by atoms with Gasteiger partial charge >= 0.3 is 0 Å². The molecule has 2 N–H and O–H groups in total. The highest BCUT2D eigenvalue weighted by molar-refractivity contribution is 7.71. The molecule has 2 aromatic rings. The number of H-pyrrole nitrogens is 1. The van der Waals surface area contributed by atoms with Crippen molar-refractivity contribution in [1.29, 1.82) is 0 Å². The van der Waals surface area contributed by atoms with Crippen LogP contribution in [0.3, 0.4) is 0 Å². The lowest BCUT2D eigenvalue weighted by Gasteiger charge is -2.23. The molecule has 8 heteroatoms. The van der Waals surface area contributed by atoms with E-state index in [1.807, 2.05) is 4.57 Å². The summed E-state index contributed by atoms with van der Waals surface area (Å²) in [4.78, 5) is 3.23. The standard InChI is InChI=1S/C20H24F3N3OS/c21-14-3-4-15(22)19(23)18(14)12-10-17-16(25-20(28)26(17)11-12)2-1-7-24-13-5-8-27-9-6-13/h3-4,12-13,24H,1-2,5-11H2,(H,25,28). The zero-order chi connectivity index (χ0) is 19.7.